The summed E-state index contributed by atoms with van der Waals surface area (Å²) in [6, 6.07) is 5.83. The Bertz CT molecular complexity index is 744. The standard InChI is InChI=1S/C14H12FN3O5/c1-8-6-11(23-18-8)13(20)22-7-12(19)17-14(21)16-10-5-3-2-4-9(10)15/h2-6H,7H2,1H3,(H2,16,17,19,21). The van der Waals surface area contributed by atoms with Gasteiger partial charge in [-0.2, -0.15) is 0 Å². The van der Waals surface area contributed by atoms with Crippen molar-refractivity contribution in [2.24, 2.45) is 0 Å². The summed E-state index contributed by atoms with van der Waals surface area (Å²) in [4.78, 5) is 34.5. The Morgan fingerprint density at radius 3 is 2.70 bits per heavy atom. The summed E-state index contributed by atoms with van der Waals surface area (Å²) in [6.07, 6.45) is 0. The first-order valence-electron chi connectivity index (χ1n) is 6.41. The third-order valence-electron chi connectivity index (χ3n) is 2.54. The third kappa shape index (κ3) is 4.63. The number of carbonyl (C=O) groups is 3. The van der Waals surface area contributed by atoms with Crippen LogP contribution in [-0.2, 0) is 9.53 Å². The average molecular weight is 321 g/mol. The maximum Gasteiger partial charge on any atom is 0.377 e. The van der Waals surface area contributed by atoms with E-state index in [2.05, 4.69) is 19.7 Å². The second-order valence-corrected chi connectivity index (χ2v) is 4.39. The highest BCUT2D eigenvalue weighted by Crippen LogP contribution is 2.11. The van der Waals surface area contributed by atoms with E-state index in [0.717, 1.165) is 6.07 Å². The van der Waals surface area contributed by atoms with Gasteiger partial charge >= 0.3 is 12.0 Å². The number of hydrogen-bond donors (Lipinski definition) is 2. The van der Waals surface area contributed by atoms with Crippen LogP contribution < -0.4 is 10.6 Å². The van der Waals surface area contributed by atoms with E-state index in [0.29, 0.717) is 5.69 Å². The predicted octanol–water partition coefficient (Wildman–Crippen LogP) is 1.63. The molecule has 2 aromatic rings. The van der Waals surface area contributed by atoms with E-state index in [9.17, 15) is 18.8 Å². The lowest BCUT2D eigenvalue weighted by atomic mass is 10.3. The molecule has 0 bridgehead atoms. The first kappa shape index (κ1) is 16.1. The Morgan fingerprint density at radius 1 is 1.30 bits per heavy atom. The number of nitrogens with one attached hydrogen (secondary N) is 2. The van der Waals surface area contributed by atoms with Gasteiger partial charge in [0.05, 0.1) is 11.4 Å². The number of para-hydroxylation sites is 1. The number of nitrogens with zero attached hydrogens (tertiary/aromatic N) is 1. The summed E-state index contributed by atoms with van der Waals surface area (Å²) in [5.41, 5.74) is 0.387. The molecule has 1 aromatic carbocycles. The van der Waals surface area contributed by atoms with Gasteiger partial charge in [-0.15, -0.1) is 0 Å². The number of halogens is 1. The molecule has 0 spiro atoms. The summed E-state index contributed by atoms with van der Waals surface area (Å²) in [5, 5.41) is 7.53. The van der Waals surface area contributed by atoms with Crippen molar-refractivity contribution in [1.29, 1.82) is 0 Å². The molecule has 0 unspecified atom stereocenters. The Labute approximate surface area is 129 Å². The molecule has 0 aliphatic carbocycles. The minimum Gasteiger partial charge on any atom is -0.450 e. The van der Waals surface area contributed by atoms with Crippen LogP contribution in [0.1, 0.15) is 16.2 Å². The predicted molar refractivity (Wildman–Crippen MR) is 75.1 cm³/mol. The molecule has 1 heterocycles. The van der Waals surface area contributed by atoms with Crippen molar-refractivity contribution in [1.82, 2.24) is 10.5 Å². The molecule has 0 fully saturated rings. The highest BCUT2D eigenvalue weighted by molar-refractivity contribution is 6.02. The fourth-order valence-corrected chi connectivity index (χ4v) is 1.54. The second kappa shape index (κ2) is 7.16. The van der Waals surface area contributed by atoms with Crippen molar-refractivity contribution in [2.45, 2.75) is 6.92 Å². The number of esters is 1. The molecule has 23 heavy (non-hydrogen) atoms. The number of aryl methyl sites for hydroxylation is 1. The third-order valence-corrected chi connectivity index (χ3v) is 2.54. The lowest BCUT2D eigenvalue weighted by Gasteiger charge is -2.07. The fraction of sp³-hybridized carbons (Fsp3) is 0.143. The zero-order valence-corrected chi connectivity index (χ0v) is 12.0. The minimum atomic E-state index is -0.952. The number of rotatable bonds is 4. The van der Waals surface area contributed by atoms with Gasteiger partial charge in [0.2, 0.25) is 5.76 Å². The number of anilines is 1. The van der Waals surface area contributed by atoms with Crippen LogP contribution in [0.4, 0.5) is 14.9 Å². The summed E-state index contributed by atoms with van der Waals surface area (Å²) >= 11 is 0. The fourth-order valence-electron chi connectivity index (χ4n) is 1.54. The molecule has 1 aromatic heterocycles. The second-order valence-electron chi connectivity index (χ2n) is 4.39. The first-order valence-corrected chi connectivity index (χ1v) is 6.41. The van der Waals surface area contributed by atoms with Crippen molar-refractivity contribution in [2.75, 3.05) is 11.9 Å². The van der Waals surface area contributed by atoms with Crippen LogP contribution in [0.15, 0.2) is 34.9 Å². The zero-order chi connectivity index (χ0) is 16.8. The Hall–Kier alpha value is -3.23. The molecule has 0 saturated heterocycles. The summed E-state index contributed by atoms with van der Waals surface area (Å²) in [5.74, 6) is -2.59. The minimum absolute atomic E-state index is 0.0908. The maximum absolute atomic E-state index is 13.3. The van der Waals surface area contributed by atoms with Crippen molar-refractivity contribution < 1.29 is 28.0 Å². The first-order chi connectivity index (χ1) is 11.0. The maximum atomic E-state index is 13.3. The number of hydrogen-bond acceptors (Lipinski definition) is 6. The highest BCUT2D eigenvalue weighted by Gasteiger charge is 2.16. The molecule has 2 rings (SSSR count). The average Bonchev–Trinajstić information content (AvgIpc) is 2.94. The van der Waals surface area contributed by atoms with E-state index in [-0.39, 0.29) is 11.4 Å². The van der Waals surface area contributed by atoms with Crippen LogP contribution in [0.5, 0.6) is 0 Å². The quantitative estimate of drug-likeness (QED) is 0.828. The van der Waals surface area contributed by atoms with E-state index in [4.69, 9.17) is 0 Å². The van der Waals surface area contributed by atoms with Crippen LogP contribution >= 0.6 is 0 Å². The van der Waals surface area contributed by atoms with Gasteiger partial charge in [0.25, 0.3) is 5.91 Å². The van der Waals surface area contributed by atoms with Gasteiger partial charge in [-0.3, -0.25) is 10.1 Å². The lowest BCUT2D eigenvalue weighted by molar-refractivity contribution is -0.123. The smallest absolute Gasteiger partial charge is 0.377 e. The largest absolute Gasteiger partial charge is 0.450 e. The van der Waals surface area contributed by atoms with Crippen LogP contribution in [0.2, 0.25) is 0 Å². The molecule has 9 heteroatoms. The molecule has 0 aliphatic heterocycles. The number of urea groups is 1. The number of amides is 3. The van der Waals surface area contributed by atoms with Gasteiger partial charge in [0.15, 0.2) is 6.61 Å². The van der Waals surface area contributed by atoms with E-state index >= 15 is 0 Å². The van der Waals surface area contributed by atoms with Gasteiger partial charge in [-0.1, -0.05) is 17.3 Å². The number of benzene rings is 1. The Kier molecular flexibility index (Phi) is 5.03. The van der Waals surface area contributed by atoms with Crippen LogP contribution in [0.3, 0.4) is 0 Å². The van der Waals surface area contributed by atoms with Gasteiger partial charge in [0, 0.05) is 6.07 Å². The molecular formula is C14H12FN3O5. The van der Waals surface area contributed by atoms with Crippen LogP contribution in [0.25, 0.3) is 0 Å². The Balaban J connectivity index is 1.79. The van der Waals surface area contributed by atoms with Crippen LogP contribution in [0, 0.1) is 12.7 Å². The van der Waals surface area contributed by atoms with Crippen molar-refractivity contribution in [3.63, 3.8) is 0 Å². The lowest BCUT2D eigenvalue weighted by Crippen LogP contribution is -2.37. The topological polar surface area (TPSA) is 111 Å². The number of aromatic nitrogens is 1. The van der Waals surface area contributed by atoms with E-state index in [1.165, 1.54) is 24.3 Å². The van der Waals surface area contributed by atoms with Gasteiger partial charge in [0.1, 0.15) is 5.82 Å². The van der Waals surface area contributed by atoms with Crippen molar-refractivity contribution >= 4 is 23.6 Å². The summed E-state index contributed by atoms with van der Waals surface area (Å²) in [7, 11) is 0. The molecular weight excluding hydrogens is 309 g/mol. The van der Waals surface area contributed by atoms with E-state index in [1.807, 2.05) is 5.32 Å². The van der Waals surface area contributed by atoms with Crippen molar-refractivity contribution in [3.05, 3.63) is 47.6 Å². The molecule has 0 atom stereocenters. The highest BCUT2D eigenvalue weighted by atomic mass is 19.1. The normalized spacial score (nSPS) is 10.0. The molecule has 3 amide bonds. The molecule has 8 nitrogen and oxygen atoms in total. The number of carbonyl (C=O) groups excluding carboxylic acids is 3. The zero-order valence-electron chi connectivity index (χ0n) is 12.0. The number of ether oxygens (including phenoxy) is 1. The summed E-state index contributed by atoms with van der Waals surface area (Å²) in [6.45, 7) is 0.906. The summed E-state index contributed by atoms with van der Waals surface area (Å²) < 4.78 is 22.6. The van der Waals surface area contributed by atoms with Crippen molar-refractivity contribution in [3.8, 4) is 0 Å². The monoisotopic (exact) mass is 321 g/mol. The number of imide groups is 1. The molecule has 2 N–H and O–H groups in total. The van der Waals surface area contributed by atoms with Crippen LogP contribution in [-0.4, -0.2) is 29.7 Å². The molecule has 120 valence electrons. The Morgan fingerprint density at radius 2 is 2.04 bits per heavy atom. The van der Waals surface area contributed by atoms with Gasteiger partial charge < -0.3 is 14.6 Å². The van der Waals surface area contributed by atoms with E-state index < -0.39 is 30.3 Å². The molecule has 0 radical (unpaired) electrons. The molecule has 0 aliphatic rings. The van der Waals surface area contributed by atoms with Gasteiger partial charge in [-0.25, -0.2) is 14.0 Å². The van der Waals surface area contributed by atoms with E-state index in [1.54, 1.807) is 6.92 Å². The molecule has 0 saturated carbocycles. The SMILES string of the molecule is Cc1cc(C(=O)OCC(=O)NC(=O)Nc2ccccc2F)on1. The van der Waals surface area contributed by atoms with Gasteiger partial charge in [-0.05, 0) is 19.1 Å².